The lowest BCUT2D eigenvalue weighted by molar-refractivity contribution is -0.122. The number of anilines is 1. The summed E-state index contributed by atoms with van der Waals surface area (Å²) in [6.07, 6.45) is -1.05. The molecular weight excluding hydrogens is 339 g/mol. The minimum absolute atomic E-state index is 0.282. The van der Waals surface area contributed by atoms with Crippen LogP contribution < -0.4 is 19.5 Å². The minimum atomic E-state index is -1.66. The highest BCUT2D eigenvalue weighted by Crippen LogP contribution is 2.28. The van der Waals surface area contributed by atoms with Gasteiger partial charge in [-0.1, -0.05) is 0 Å². The van der Waals surface area contributed by atoms with Gasteiger partial charge in [-0.3, -0.25) is 4.79 Å². The van der Waals surface area contributed by atoms with E-state index < -0.39 is 35.2 Å². The Bertz CT molecular complexity index is 760. The van der Waals surface area contributed by atoms with Gasteiger partial charge in [-0.25, -0.2) is 13.2 Å². The summed E-state index contributed by atoms with van der Waals surface area (Å²) in [5.74, 6) is -4.05. The van der Waals surface area contributed by atoms with Crippen LogP contribution in [0.25, 0.3) is 0 Å². The van der Waals surface area contributed by atoms with Crippen molar-refractivity contribution in [2.75, 3.05) is 19.5 Å². The van der Waals surface area contributed by atoms with E-state index in [1.807, 2.05) is 0 Å². The summed E-state index contributed by atoms with van der Waals surface area (Å²) >= 11 is 0. The lowest BCUT2D eigenvalue weighted by atomic mass is 10.2. The van der Waals surface area contributed by atoms with Gasteiger partial charge in [0, 0.05) is 18.2 Å². The maximum atomic E-state index is 13.6. The molecule has 1 amide bonds. The number of halogens is 3. The summed E-state index contributed by atoms with van der Waals surface area (Å²) in [4.78, 5) is 12.1. The van der Waals surface area contributed by atoms with Gasteiger partial charge in [0.2, 0.25) is 0 Å². The van der Waals surface area contributed by atoms with Crippen molar-refractivity contribution in [2.24, 2.45) is 0 Å². The van der Waals surface area contributed by atoms with E-state index in [0.29, 0.717) is 17.6 Å². The van der Waals surface area contributed by atoms with Crippen LogP contribution >= 0.6 is 0 Å². The molecule has 5 nitrogen and oxygen atoms in total. The van der Waals surface area contributed by atoms with Crippen LogP contribution in [0.5, 0.6) is 17.2 Å². The molecule has 0 fully saturated rings. The Labute approximate surface area is 142 Å². The third kappa shape index (κ3) is 4.34. The monoisotopic (exact) mass is 355 g/mol. The lowest BCUT2D eigenvalue weighted by Crippen LogP contribution is -2.30. The Morgan fingerprint density at radius 1 is 0.960 bits per heavy atom. The first-order valence-electron chi connectivity index (χ1n) is 7.19. The molecule has 0 radical (unpaired) electrons. The first-order chi connectivity index (χ1) is 11.8. The molecule has 0 heterocycles. The fourth-order valence-electron chi connectivity index (χ4n) is 1.96. The Balaban J connectivity index is 2.12. The SMILES string of the molecule is COc1cc(OC)cc(O[C@@H](C)C(=O)Nc2ccc(F)c(F)c2F)c1. The van der Waals surface area contributed by atoms with Crippen LogP contribution in [0.4, 0.5) is 18.9 Å². The molecule has 0 unspecified atom stereocenters. The van der Waals surface area contributed by atoms with E-state index in [0.717, 1.165) is 6.07 Å². The van der Waals surface area contributed by atoms with E-state index in [2.05, 4.69) is 5.32 Å². The number of rotatable bonds is 6. The molecule has 2 rings (SSSR count). The summed E-state index contributed by atoms with van der Waals surface area (Å²) in [5.41, 5.74) is -0.484. The summed E-state index contributed by atoms with van der Waals surface area (Å²) in [6.45, 7) is 1.42. The van der Waals surface area contributed by atoms with Gasteiger partial charge in [-0.05, 0) is 19.1 Å². The Morgan fingerprint density at radius 3 is 2.08 bits per heavy atom. The highest BCUT2D eigenvalue weighted by atomic mass is 19.2. The molecule has 0 aliphatic carbocycles. The molecule has 2 aromatic carbocycles. The number of benzene rings is 2. The van der Waals surface area contributed by atoms with Crippen LogP contribution in [-0.4, -0.2) is 26.2 Å². The second-order valence-corrected chi connectivity index (χ2v) is 5.02. The number of hydrogen-bond donors (Lipinski definition) is 1. The van der Waals surface area contributed by atoms with E-state index in [-0.39, 0.29) is 5.75 Å². The molecule has 0 aliphatic rings. The molecule has 1 atom stereocenters. The van der Waals surface area contributed by atoms with Crippen molar-refractivity contribution >= 4 is 11.6 Å². The largest absolute Gasteiger partial charge is 0.496 e. The maximum absolute atomic E-state index is 13.6. The zero-order chi connectivity index (χ0) is 18.6. The third-order valence-electron chi connectivity index (χ3n) is 3.30. The van der Waals surface area contributed by atoms with Gasteiger partial charge >= 0.3 is 0 Å². The number of amides is 1. The van der Waals surface area contributed by atoms with E-state index in [9.17, 15) is 18.0 Å². The van der Waals surface area contributed by atoms with Crippen molar-refractivity contribution in [3.63, 3.8) is 0 Å². The van der Waals surface area contributed by atoms with E-state index in [1.54, 1.807) is 6.07 Å². The molecular formula is C17H16F3NO4. The highest BCUT2D eigenvalue weighted by molar-refractivity contribution is 5.94. The zero-order valence-corrected chi connectivity index (χ0v) is 13.7. The minimum Gasteiger partial charge on any atom is -0.496 e. The molecule has 1 N–H and O–H groups in total. The van der Waals surface area contributed by atoms with Crippen LogP contribution in [0.3, 0.4) is 0 Å². The molecule has 0 saturated heterocycles. The Kier molecular flexibility index (Phi) is 5.74. The molecule has 0 aromatic heterocycles. The van der Waals surface area contributed by atoms with E-state index in [4.69, 9.17) is 14.2 Å². The number of nitrogens with one attached hydrogen (secondary N) is 1. The molecule has 0 spiro atoms. The third-order valence-corrected chi connectivity index (χ3v) is 3.30. The highest BCUT2D eigenvalue weighted by Gasteiger charge is 2.20. The lowest BCUT2D eigenvalue weighted by Gasteiger charge is -2.16. The first kappa shape index (κ1) is 18.4. The predicted octanol–water partition coefficient (Wildman–Crippen LogP) is 3.53. The van der Waals surface area contributed by atoms with Crippen LogP contribution in [0.1, 0.15) is 6.92 Å². The summed E-state index contributed by atoms with van der Waals surface area (Å²) in [5, 5.41) is 2.15. The standard InChI is InChI=1S/C17H16F3NO4/c1-9(25-12-7-10(23-2)6-11(8-12)24-3)17(22)21-14-5-4-13(18)15(19)16(14)20/h4-9H,1-3H3,(H,21,22)/t9-/m0/s1. The van der Waals surface area contributed by atoms with Crippen molar-refractivity contribution in [1.82, 2.24) is 0 Å². The second kappa shape index (κ2) is 7.78. The average molecular weight is 355 g/mol. The summed E-state index contributed by atoms with van der Waals surface area (Å²) in [7, 11) is 2.92. The van der Waals surface area contributed by atoms with Crippen LogP contribution in [0.15, 0.2) is 30.3 Å². The van der Waals surface area contributed by atoms with Crippen molar-refractivity contribution < 1.29 is 32.2 Å². The smallest absolute Gasteiger partial charge is 0.265 e. The molecule has 2 aromatic rings. The van der Waals surface area contributed by atoms with Crippen molar-refractivity contribution in [2.45, 2.75) is 13.0 Å². The van der Waals surface area contributed by atoms with Crippen LogP contribution in [0.2, 0.25) is 0 Å². The topological polar surface area (TPSA) is 56.8 Å². The number of carbonyl (C=O) groups excluding carboxylic acids is 1. The Hall–Kier alpha value is -2.90. The first-order valence-corrected chi connectivity index (χ1v) is 7.19. The molecule has 134 valence electrons. The molecule has 0 bridgehead atoms. The summed E-state index contributed by atoms with van der Waals surface area (Å²) in [6, 6.07) is 6.32. The number of ether oxygens (including phenoxy) is 3. The predicted molar refractivity (Wildman–Crippen MR) is 84.6 cm³/mol. The molecule has 0 aliphatic heterocycles. The van der Waals surface area contributed by atoms with Crippen LogP contribution in [0, 0.1) is 17.5 Å². The quantitative estimate of drug-likeness (QED) is 0.806. The van der Waals surface area contributed by atoms with Gasteiger partial charge in [0.1, 0.15) is 17.2 Å². The number of hydrogen-bond acceptors (Lipinski definition) is 4. The fraction of sp³-hybridized carbons (Fsp3) is 0.235. The number of carbonyl (C=O) groups is 1. The normalized spacial score (nSPS) is 11.6. The molecule has 25 heavy (non-hydrogen) atoms. The van der Waals surface area contributed by atoms with E-state index >= 15 is 0 Å². The van der Waals surface area contributed by atoms with E-state index in [1.165, 1.54) is 33.3 Å². The van der Waals surface area contributed by atoms with Gasteiger partial charge in [0.05, 0.1) is 19.9 Å². The van der Waals surface area contributed by atoms with Crippen molar-refractivity contribution in [3.8, 4) is 17.2 Å². The Morgan fingerprint density at radius 2 is 1.52 bits per heavy atom. The van der Waals surface area contributed by atoms with Crippen molar-refractivity contribution in [1.29, 1.82) is 0 Å². The van der Waals surface area contributed by atoms with Crippen LogP contribution in [-0.2, 0) is 4.79 Å². The fourth-order valence-corrected chi connectivity index (χ4v) is 1.96. The molecule has 8 heteroatoms. The zero-order valence-electron chi connectivity index (χ0n) is 13.7. The molecule has 0 saturated carbocycles. The van der Waals surface area contributed by atoms with Crippen molar-refractivity contribution in [3.05, 3.63) is 47.8 Å². The second-order valence-electron chi connectivity index (χ2n) is 5.02. The van der Waals surface area contributed by atoms with Gasteiger partial charge < -0.3 is 19.5 Å². The van der Waals surface area contributed by atoms with Gasteiger partial charge in [0.15, 0.2) is 23.6 Å². The van der Waals surface area contributed by atoms with Gasteiger partial charge in [0.25, 0.3) is 5.91 Å². The number of methoxy groups -OCH3 is 2. The van der Waals surface area contributed by atoms with Gasteiger partial charge in [-0.2, -0.15) is 0 Å². The van der Waals surface area contributed by atoms with Gasteiger partial charge in [-0.15, -0.1) is 0 Å². The summed E-state index contributed by atoms with van der Waals surface area (Å²) < 4.78 is 55.4. The maximum Gasteiger partial charge on any atom is 0.265 e. The average Bonchev–Trinajstić information content (AvgIpc) is 2.61.